The van der Waals surface area contributed by atoms with Gasteiger partial charge in [0.1, 0.15) is 0 Å². The Labute approximate surface area is 152 Å². The summed E-state index contributed by atoms with van der Waals surface area (Å²) in [5, 5.41) is 2.73. The van der Waals surface area contributed by atoms with Crippen molar-refractivity contribution in [2.75, 3.05) is 23.0 Å². The molecule has 1 aliphatic rings. The van der Waals surface area contributed by atoms with Gasteiger partial charge < -0.3 is 10.2 Å². The molecule has 0 spiro atoms. The molecule has 6 nitrogen and oxygen atoms in total. The van der Waals surface area contributed by atoms with Crippen LogP contribution in [0.1, 0.15) is 29.6 Å². The van der Waals surface area contributed by atoms with E-state index in [9.17, 15) is 18.0 Å². The van der Waals surface area contributed by atoms with Crippen molar-refractivity contribution in [1.82, 2.24) is 0 Å². The van der Waals surface area contributed by atoms with E-state index in [1.807, 2.05) is 0 Å². The van der Waals surface area contributed by atoms with Crippen LogP contribution in [-0.2, 0) is 14.6 Å². The van der Waals surface area contributed by atoms with Crippen LogP contribution >= 0.6 is 0 Å². The van der Waals surface area contributed by atoms with E-state index in [0.717, 1.165) is 24.8 Å². The summed E-state index contributed by atoms with van der Waals surface area (Å²) in [7, 11) is -3.27. The van der Waals surface area contributed by atoms with E-state index < -0.39 is 9.84 Å². The van der Waals surface area contributed by atoms with Gasteiger partial charge in [0.25, 0.3) is 5.91 Å². The molecule has 0 aromatic heterocycles. The van der Waals surface area contributed by atoms with Crippen LogP contribution in [0.4, 0.5) is 11.4 Å². The number of hydrogen-bond donors (Lipinski definition) is 1. The molecule has 2 amide bonds. The lowest BCUT2D eigenvalue weighted by atomic mass is 10.1. The highest BCUT2D eigenvalue weighted by Crippen LogP contribution is 2.22. The molecule has 1 fully saturated rings. The van der Waals surface area contributed by atoms with Gasteiger partial charge in [-0.2, -0.15) is 0 Å². The van der Waals surface area contributed by atoms with Gasteiger partial charge in [0.15, 0.2) is 9.84 Å². The molecule has 1 aliphatic heterocycles. The first kappa shape index (κ1) is 18.1. The highest BCUT2D eigenvalue weighted by atomic mass is 32.2. The van der Waals surface area contributed by atoms with Crippen molar-refractivity contribution in [2.24, 2.45) is 0 Å². The molecule has 26 heavy (non-hydrogen) atoms. The smallest absolute Gasteiger partial charge is 0.255 e. The number of carbonyl (C=O) groups excluding carboxylic acids is 2. The summed E-state index contributed by atoms with van der Waals surface area (Å²) in [6.07, 6.45) is 3.60. The minimum absolute atomic E-state index is 0.111. The van der Waals surface area contributed by atoms with E-state index >= 15 is 0 Å². The Balaban J connectivity index is 1.69. The van der Waals surface area contributed by atoms with Crippen LogP contribution in [0.5, 0.6) is 0 Å². The standard InChI is InChI=1S/C19H20N2O4S/c1-26(24,25)17-11-7-15(8-12-17)20-19(23)14-5-9-16(10-6-14)21-13-3-2-4-18(21)22/h5-12H,2-4,13H2,1H3,(H,20,23). The monoisotopic (exact) mass is 372 g/mol. The first-order chi connectivity index (χ1) is 12.3. The van der Waals surface area contributed by atoms with Gasteiger partial charge in [0.2, 0.25) is 5.91 Å². The van der Waals surface area contributed by atoms with Crippen LogP contribution < -0.4 is 10.2 Å². The van der Waals surface area contributed by atoms with Crippen LogP contribution in [0.3, 0.4) is 0 Å². The van der Waals surface area contributed by atoms with Gasteiger partial charge in [-0.15, -0.1) is 0 Å². The number of nitrogens with zero attached hydrogens (tertiary/aromatic N) is 1. The predicted octanol–water partition coefficient (Wildman–Crippen LogP) is 2.86. The van der Waals surface area contributed by atoms with Crippen LogP contribution in [0, 0.1) is 0 Å². The fourth-order valence-corrected chi connectivity index (χ4v) is 3.49. The number of amides is 2. The van der Waals surface area contributed by atoms with Crippen molar-refractivity contribution in [3.63, 3.8) is 0 Å². The molecular weight excluding hydrogens is 352 g/mol. The van der Waals surface area contributed by atoms with Gasteiger partial charge in [-0.25, -0.2) is 8.42 Å². The molecule has 0 bridgehead atoms. The topological polar surface area (TPSA) is 83.6 Å². The predicted molar refractivity (Wildman–Crippen MR) is 100 cm³/mol. The third-order valence-electron chi connectivity index (χ3n) is 4.30. The number of hydrogen-bond acceptors (Lipinski definition) is 4. The maximum absolute atomic E-state index is 12.3. The summed E-state index contributed by atoms with van der Waals surface area (Å²) >= 11 is 0. The Kier molecular flexibility index (Phi) is 5.08. The highest BCUT2D eigenvalue weighted by molar-refractivity contribution is 7.90. The Morgan fingerprint density at radius 3 is 2.23 bits per heavy atom. The Hall–Kier alpha value is -2.67. The molecule has 0 saturated carbocycles. The first-order valence-corrected chi connectivity index (χ1v) is 10.3. The maximum Gasteiger partial charge on any atom is 0.255 e. The van der Waals surface area contributed by atoms with Crippen molar-refractivity contribution < 1.29 is 18.0 Å². The molecular formula is C19H20N2O4S. The summed E-state index contributed by atoms with van der Waals surface area (Å²) in [6, 6.07) is 12.9. The fraction of sp³-hybridized carbons (Fsp3) is 0.263. The van der Waals surface area contributed by atoms with E-state index in [0.29, 0.717) is 24.2 Å². The molecule has 2 aromatic carbocycles. The SMILES string of the molecule is CS(=O)(=O)c1ccc(NC(=O)c2ccc(N3CCCCC3=O)cc2)cc1. The van der Waals surface area contributed by atoms with Gasteiger partial charge in [-0.1, -0.05) is 0 Å². The van der Waals surface area contributed by atoms with Crippen molar-refractivity contribution in [3.05, 3.63) is 54.1 Å². The largest absolute Gasteiger partial charge is 0.322 e. The van der Waals surface area contributed by atoms with E-state index in [1.165, 1.54) is 12.1 Å². The van der Waals surface area contributed by atoms with Crippen molar-refractivity contribution in [1.29, 1.82) is 0 Å². The number of piperidine rings is 1. The van der Waals surface area contributed by atoms with Crippen LogP contribution in [0.25, 0.3) is 0 Å². The highest BCUT2D eigenvalue weighted by Gasteiger charge is 2.19. The molecule has 0 atom stereocenters. The van der Waals surface area contributed by atoms with Gasteiger partial charge in [-0.05, 0) is 61.4 Å². The van der Waals surface area contributed by atoms with E-state index in [2.05, 4.69) is 5.32 Å². The Morgan fingerprint density at radius 2 is 1.65 bits per heavy atom. The zero-order valence-electron chi connectivity index (χ0n) is 14.4. The lowest BCUT2D eigenvalue weighted by Gasteiger charge is -2.26. The molecule has 136 valence electrons. The number of benzene rings is 2. The summed E-state index contributed by atoms with van der Waals surface area (Å²) in [6.45, 7) is 0.705. The second kappa shape index (κ2) is 7.29. The first-order valence-electron chi connectivity index (χ1n) is 8.36. The Morgan fingerprint density at radius 1 is 1.00 bits per heavy atom. The number of nitrogens with one attached hydrogen (secondary N) is 1. The molecule has 7 heteroatoms. The van der Waals surface area contributed by atoms with Crippen molar-refractivity contribution in [2.45, 2.75) is 24.2 Å². The molecule has 0 radical (unpaired) electrons. The third kappa shape index (κ3) is 4.11. The quantitative estimate of drug-likeness (QED) is 0.894. The number of anilines is 2. The summed E-state index contributed by atoms with van der Waals surface area (Å²) in [5.74, 6) is -0.187. The molecule has 3 rings (SSSR count). The third-order valence-corrected chi connectivity index (χ3v) is 5.43. The number of carbonyl (C=O) groups is 2. The average molecular weight is 372 g/mol. The molecule has 1 N–H and O–H groups in total. The Bertz CT molecular complexity index is 919. The molecule has 1 heterocycles. The summed E-state index contributed by atoms with van der Waals surface area (Å²) < 4.78 is 22.9. The zero-order chi connectivity index (χ0) is 18.7. The van der Waals surface area contributed by atoms with E-state index in [4.69, 9.17) is 0 Å². The van der Waals surface area contributed by atoms with Crippen LogP contribution in [0.2, 0.25) is 0 Å². The lowest BCUT2D eigenvalue weighted by molar-refractivity contribution is -0.119. The number of sulfone groups is 1. The molecule has 0 unspecified atom stereocenters. The second-order valence-corrected chi connectivity index (χ2v) is 8.32. The van der Waals surface area contributed by atoms with Crippen LogP contribution in [-0.4, -0.2) is 33.0 Å². The molecule has 0 aliphatic carbocycles. The van der Waals surface area contributed by atoms with Crippen molar-refractivity contribution >= 4 is 33.0 Å². The number of rotatable bonds is 4. The minimum Gasteiger partial charge on any atom is -0.322 e. The molecule has 1 saturated heterocycles. The van der Waals surface area contributed by atoms with Crippen molar-refractivity contribution in [3.8, 4) is 0 Å². The zero-order valence-corrected chi connectivity index (χ0v) is 15.3. The van der Waals surface area contributed by atoms with Gasteiger partial charge >= 0.3 is 0 Å². The summed E-state index contributed by atoms with van der Waals surface area (Å²) in [4.78, 5) is 26.2. The van der Waals surface area contributed by atoms with E-state index in [-0.39, 0.29) is 16.7 Å². The average Bonchev–Trinajstić information content (AvgIpc) is 2.62. The van der Waals surface area contributed by atoms with Crippen LogP contribution in [0.15, 0.2) is 53.4 Å². The van der Waals surface area contributed by atoms with Gasteiger partial charge in [0, 0.05) is 36.2 Å². The minimum atomic E-state index is -3.27. The second-order valence-electron chi connectivity index (χ2n) is 6.30. The maximum atomic E-state index is 12.3. The fourth-order valence-electron chi connectivity index (χ4n) is 2.86. The van der Waals surface area contributed by atoms with Gasteiger partial charge in [-0.3, -0.25) is 9.59 Å². The lowest BCUT2D eigenvalue weighted by Crippen LogP contribution is -2.35. The van der Waals surface area contributed by atoms with E-state index in [1.54, 1.807) is 41.3 Å². The normalized spacial score (nSPS) is 15.0. The molecule has 2 aromatic rings. The summed E-state index contributed by atoms with van der Waals surface area (Å²) in [5.41, 5.74) is 1.77. The van der Waals surface area contributed by atoms with Gasteiger partial charge in [0.05, 0.1) is 4.90 Å².